The van der Waals surface area contributed by atoms with Crippen molar-refractivity contribution in [1.29, 1.82) is 0 Å². The maximum atomic E-state index is 12.9. The first-order valence-electron chi connectivity index (χ1n) is 9.07. The van der Waals surface area contributed by atoms with E-state index in [1.54, 1.807) is 0 Å². The van der Waals surface area contributed by atoms with E-state index < -0.39 is 0 Å². The standard InChI is InChI=1S/C19H23N3O3/c1-2-17-20-19(21-25-17)15-8-5-10-22(15)18(23)12-16-14-7-4-3-6-13(14)9-11-24-16/h3-4,6-7,15-16H,2,5,8-12H2,1H3/t15-,16-/m0/s1. The van der Waals surface area contributed by atoms with Gasteiger partial charge in [-0.2, -0.15) is 4.98 Å². The topological polar surface area (TPSA) is 68.5 Å². The first-order valence-corrected chi connectivity index (χ1v) is 9.07. The molecule has 1 aromatic heterocycles. The summed E-state index contributed by atoms with van der Waals surface area (Å²) in [5, 5.41) is 4.07. The van der Waals surface area contributed by atoms with E-state index in [0.29, 0.717) is 31.2 Å². The quantitative estimate of drug-likeness (QED) is 0.855. The maximum Gasteiger partial charge on any atom is 0.226 e. The monoisotopic (exact) mass is 341 g/mol. The third-order valence-corrected chi connectivity index (χ3v) is 5.11. The molecule has 2 atom stereocenters. The van der Waals surface area contributed by atoms with Gasteiger partial charge in [0.2, 0.25) is 11.8 Å². The first-order chi connectivity index (χ1) is 12.3. The number of fused-ring (bicyclic) bond motifs is 1. The van der Waals surface area contributed by atoms with Gasteiger partial charge in [-0.3, -0.25) is 4.79 Å². The van der Waals surface area contributed by atoms with Gasteiger partial charge in [0.05, 0.1) is 25.2 Å². The zero-order valence-corrected chi connectivity index (χ0v) is 14.5. The van der Waals surface area contributed by atoms with Crippen molar-refractivity contribution in [3.8, 4) is 0 Å². The average molecular weight is 341 g/mol. The number of nitrogens with zero attached hydrogens (tertiary/aromatic N) is 3. The van der Waals surface area contributed by atoms with Gasteiger partial charge < -0.3 is 14.2 Å². The number of amides is 1. The molecular formula is C19H23N3O3. The third-order valence-electron chi connectivity index (χ3n) is 5.11. The molecule has 0 N–H and O–H groups in total. The summed E-state index contributed by atoms with van der Waals surface area (Å²) in [4.78, 5) is 19.3. The average Bonchev–Trinajstić information content (AvgIpc) is 3.31. The fraction of sp³-hybridized carbons (Fsp3) is 0.526. The highest BCUT2D eigenvalue weighted by atomic mass is 16.5. The molecule has 0 bridgehead atoms. The molecule has 2 aromatic rings. The molecule has 1 aromatic carbocycles. The molecule has 6 nitrogen and oxygen atoms in total. The van der Waals surface area contributed by atoms with Gasteiger partial charge in [0.15, 0.2) is 5.82 Å². The number of carbonyl (C=O) groups is 1. The van der Waals surface area contributed by atoms with Crippen LogP contribution in [-0.2, 0) is 22.4 Å². The van der Waals surface area contributed by atoms with E-state index >= 15 is 0 Å². The van der Waals surface area contributed by atoms with Gasteiger partial charge in [-0.1, -0.05) is 36.3 Å². The first kappa shape index (κ1) is 16.3. The molecule has 2 aliphatic rings. The minimum atomic E-state index is -0.157. The van der Waals surface area contributed by atoms with Crippen molar-refractivity contribution in [3.05, 3.63) is 47.1 Å². The Balaban J connectivity index is 1.49. The minimum Gasteiger partial charge on any atom is -0.373 e. The fourth-order valence-corrected chi connectivity index (χ4v) is 3.80. The highest BCUT2D eigenvalue weighted by molar-refractivity contribution is 5.77. The van der Waals surface area contributed by atoms with Crippen molar-refractivity contribution >= 4 is 5.91 Å². The Labute approximate surface area is 147 Å². The fourth-order valence-electron chi connectivity index (χ4n) is 3.80. The van der Waals surface area contributed by atoms with Crippen molar-refractivity contribution in [1.82, 2.24) is 15.0 Å². The van der Waals surface area contributed by atoms with Gasteiger partial charge in [-0.15, -0.1) is 0 Å². The van der Waals surface area contributed by atoms with Gasteiger partial charge in [-0.05, 0) is 30.4 Å². The van der Waals surface area contributed by atoms with Crippen LogP contribution >= 0.6 is 0 Å². The highest BCUT2D eigenvalue weighted by Crippen LogP contribution is 2.34. The number of carbonyl (C=O) groups excluding carboxylic acids is 1. The van der Waals surface area contributed by atoms with E-state index in [2.05, 4.69) is 22.3 Å². The second kappa shape index (κ2) is 6.96. The number of aromatic nitrogens is 2. The van der Waals surface area contributed by atoms with E-state index in [9.17, 15) is 4.79 Å². The Kier molecular flexibility index (Phi) is 4.53. The Morgan fingerprint density at radius 1 is 1.36 bits per heavy atom. The zero-order valence-electron chi connectivity index (χ0n) is 14.5. The molecule has 1 fully saturated rings. The van der Waals surface area contributed by atoms with Crippen molar-refractivity contribution in [2.45, 2.75) is 51.2 Å². The molecule has 0 unspecified atom stereocenters. The summed E-state index contributed by atoms with van der Waals surface area (Å²) < 4.78 is 11.1. The smallest absolute Gasteiger partial charge is 0.226 e. The lowest BCUT2D eigenvalue weighted by atomic mass is 9.95. The van der Waals surface area contributed by atoms with Crippen molar-refractivity contribution < 1.29 is 14.1 Å². The van der Waals surface area contributed by atoms with Crippen LogP contribution in [0.15, 0.2) is 28.8 Å². The van der Waals surface area contributed by atoms with E-state index in [0.717, 1.165) is 31.4 Å². The summed E-state index contributed by atoms with van der Waals surface area (Å²) in [6, 6.07) is 8.17. The number of aryl methyl sites for hydroxylation is 1. The van der Waals surface area contributed by atoms with E-state index in [4.69, 9.17) is 9.26 Å². The molecule has 0 saturated carbocycles. The number of benzene rings is 1. The normalized spacial score (nSPS) is 22.8. The summed E-state index contributed by atoms with van der Waals surface area (Å²) in [7, 11) is 0. The second-order valence-electron chi connectivity index (χ2n) is 6.66. The lowest BCUT2D eigenvalue weighted by molar-refractivity contribution is -0.135. The van der Waals surface area contributed by atoms with Gasteiger partial charge >= 0.3 is 0 Å². The van der Waals surface area contributed by atoms with Crippen LogP contribution in [0.25, 0.3) is 0 Å². The molecule has 0 radical (unpaired) electrons. The molecule has 4 rings (SSSR count). The van der Waals surface area contributed by atoms with Crippen LogP contribution in [0.1, 0.15) is 61.2 Å². The van der Waals surface area contributed by atoms with Crippen LogP contribution in [-0.4, -0.2) is 34.1 Å². The van der Waals surface area contributed by atoms with Gasteiger partial charge in [0.1, 0.15) is 0 Å². The Morgan fingerprint density at radius 2 is 2.24 bits per heavy atom. The Morgan fingerprint density at radius 3 is 3.08 bits per heavy atom. The summed E-state index contributed by atoms with van der Waals surface area (Å²) in [5.74, 6) is 1.36. The lowest BCUT2D eigenvalue weighted by Crippen LogP contribution is -2.33. The van der Waals surface area contributed by atoms with E-state index in [1.165, 1.54) is 5.56 Å². The number of ether oxygens (including phenoxy) is 1. The third kappa shape index (κ3) is 3.18. The van der Waals surface area contributed by atoms with E-state index in [-0.39, 0.29) is 18.1 Å². The molecule has 0 spiro atoms. The van der Waals surface area contributed by atoms with Gasteiger partial charge in [0, 0.05) is 13.0 Å². The largest absolute Gasteiger partial charge is 0.373 e. The maximum absolute atomic E-state index is 12.9. The predicted molar refractivity (Wildman–Crippen MR) is 90.8 cm³/mol. The molecule has 1 amide bonds. The van der Waals surface area contributed by atoms with E-state index in [1.807, 2.05) is 24.0 Å². The van der Waals surface area contributed by atoms with Crippen LogP contribution < -0.4 is 0 Å². The molecular weight excluding hydrogens is 318 g/mol. The molecule has 25 heavy (non-hydrogen) atoms. The number of likely N-dealkylation sites (tertiary alicyclic amines) is 1. The van der Waals surface area contributed by atoms with Crippen molar-refractivity contribution in [2.24, 2.45) is 0 Å². The Bertz CT molecular complexity index is 758. The van der Waals surface area contributed by atoms with Crippen LogP contribution in [0.2, 0.25) is 0 Å². The SMILES string of the molecule is CCc1nc([C@@H]2CCCN2C(=O)C[C@@H]2OCCc3ccccc32)no1. The zero-order chi connectivity index (χ0) is 17.2. The summed E-state index contributed by atoms with van der Waals surface area (Å²) in [6.45, 7) is 3.39. The highest BCUT2D eigenvalue weighted by Gasteiger charge is 2.35. The summed E-state index contributed by atoms with van der Waals surface area (Å²) >= 11 is 0. The second-order valence-corrected chi connectivity index (χ2v) is 6.66. The van der Waals surface area contributed by atoms with Crippen LogP contribution in [0.4, 0.5) is 0 Å². The van der Waals surface area contributed by atoms with Crippen LogP contribution in [0, 0.1) is 0 Å². The van der Waals surface area contributed by atoms with Crippen molar-refractivity contribution in [2.75, 3.05) is 13.2 Å². The molecule has 132 valence electrons. The number of hydrogen-bond acceptors (Lipinski definition) is 5. The lowest BCUT2D eigenvalue weighted by Gasteiger charge is -2.29. The number of rotatable bonds is 4. The predicted octanol–water partition coefficient (Wildman–Crippen LogP) is 3.00. The molecule has 0 aliphatic carbocycles. The Hall–Kier alpha value is -2.21. The number of hydrogen-bond donors (Lipinski definition) is 0. The molecule has 3 heterocycles. The van der Waals surface area contributed by atoms with Crippen LogP contribution in [0.5, 0.6) is 0 Å². The summed E-state index contributed by atoms with van der Waals surface area (Å²) in [6.07, 6.45) is 3.68. The molecule has 6 heteroatoms. The van der Waals surface area contributed by atoms with Gasteiger partial charge in [-0.25, -0.2) is 0 Å². The summed E-state index contributed by atoms with van der Waals surface area (Å²) in [5.41, 5.74) is 2.43. The molecule has 2 aliphatic heterocycles. The van der Waals surface area contributed by atoms with Crippen molar-refractivity contribution in [3.63, 3.8) is 0 Å². The van der Waals surface area contributed by atoms with Gasteiger partial charge in [0.25, 0.3) is 0 Å². The molecule has 1 saturated heterocycles. The minimum absolute atomic E-state index is 0.0737. The van der Waals surface area contributed by atoms with Crippen LogP contribution in [0.3, 0.4) is 0 Å².